The molecule has 36 heavy (non-hydrogen) atoms. The van der Waals surface area contributed by atoms with Crippen LogP contribution in [0.2, 0.25) is 0 Å². The minimum Gasteiger partial charge on any atom is -0.339 e. The van der Waals surface area contributed by atoms with E-state index in [1.807, 2.05) is 0 Å². The maximum absolute atomic E-state index is 16.0. The molecule has 3 nitrogen and oxygen atoms in total. The van der Waals surface area contributed by atoms with E-state index in [1.54, 1.807) is 0 Å². The Kier molecular flexibility index (Phi) is 8.02. The third-order valence-electron chi connectivity index (χ3n) is 6.78. The molecule has 1 heterocycles. The molecular weight excluding hydrogens is 496 g/mol. The zero-order valence-electron chi connectivity index (χ0n) is 19.6. The Morgan fingerprint density at radius 3 is 1.92 bits per heavy atom. The Morgan fingerprint density at radius 1 is 0.944 bits per heavy atom. The van der Waals surface area contributed by atoms with Crippen molar-refractivity contribution in [2.45, 2.75) is 56.2 Å². The topological polar surface area (TPSA) is 32.3 Å². The van der Waals surface area contributed by atoms with Gasteiger partial charge in [-0.2, -0.15) is 26.3 Å². The van der Waals surface area contributed by atoms with Gasteiger partial charge in [-0.1, -0.05) is 12.1 Å². The highest BCUT2D eigenvalue weighted by molar-refractivity contribution is 5.77. The first-order chi connectivity index (χ1) is 16.6. The molecule has 1 aliphatic rings. The Morgan fingerprint density at radius 2 is 1.44 bits per heavy atom. The number of amides is 1. The Bertz CT molecular complexity index is 1030. The summed E-state index contributed by atoms with van der Waals surface area (Å²) in [6.45, 7) is 2.02. The van der Waals surface area contributed by atoms with E-state index in [0.717, 1.165) is 17.0 Å². The maximum atomic E-state index is 16.0. The van der Waals surface area contributed by atoms with Crippen molar-refractivity contribution < 1.29 is 39.9 Å². The fraction of sp³-hybridized carbons (Fsp3) is 0.480. The van der Waals surface area contributed by atoms with Crippen LogP contribution in [0.3, 0.4) is 0 Å². The second-order valence-corrected chi connectivity index (χ2v) is 9.11. The zero-order valence-corrected chi connectivity index (χ0v) is 19.6. The normalized spacial score (nSPS) is 17.9. The molecule has 1 saturated heterocycles. The number of hydrogen-bond acceptors (Lipinski definition) is 2. The Labute approximate surface area is 203 Å². The van der Waals surface area contributed by atoms with Crippen molar-refractivity contribution in [3.8, 4) is 0 Å². The van der Waals surface area contributed by atoms with Gasteiger partial charge in [0.15, 0.2) is 0 Å². The van der Waals surface area contributed by atoms with Gasteiger partial charge in [0, 0.05) is 19.4 Å². The predicted molar refractivity (Wildman–Crippen MR) is 117 cm³/mol. The van der Waals surface area contributed by atoms with E-state index in [-0.39, 0.29) is 24.5 Å². The van der Waals surface area contributed by atoms with Crippen LogP contribution >= 0.6 is 0 Å². The van der Waals surface area contributed by atoms with Crippen molar-refractivity contribution in [3.63, 3.8) is 0 Å². The summed E-state index contributed by atoms with van der Waals surface area (Å²) < 4.78 is 109. The largest absolute Gasteiger partial charge is 0.416 e. The van der Waals surface area contributed by atoms with Gasteiger partial charge in [-0.05, 0) is 74.3 Å². The second kappa shape index (κ2) is 10.4. The number of carbonyl (C=O) groups excluding carboxylic acids is 1. The summed E-state index contributed by atoms with van der Waals surface area (Å²) in [7, 11) is 1.25. The quantitative estimate of drug-likeness (QED) is 0.431. The van der Waals surface area contributed by atoms with Crippen molar-refractivity contribution >= 4 is 5.91 Å². The van der Waals surface area contributed by atoms with E-state index in [2.05, 4.69) is 5.32 Å². The molecule has 1 N–H and O–H groups in total. The van der Waals surface area contributed by atoms with Gasteiger partial charge in [0.2, 0.25) is 5.91 Å². The highest BCUT2D eigenvalue weighted by Gasteiger charge is 2.43. The molecule has 198 valence electrons. The van der Waals surface area contributed by atoms with E-state index in [1.165, 1.54) is 26.1 Å². The van der Waals surface area contributed by atoms with Crippen molar-refractivity contribution in [3.05, 3.63) is 70.5 Å². The highest BCUT2D eigenvalue weighted by Crippen LogP contribution is 2.42. The number of halogens is 8. The molecule has 0 aliphatic carbocycles. The van der Waals surface area contributed by atoms with Crippen molar-refractivity contribution in [1.82, 2.24) is 10.2 Å². The van der Waals surface area contributed by atoms with Gasteiger partial charge in [-0.15, -0.1) is 0 Å². The lowest BCUT2D eigenvalue weighted by atomic mass is 9.75. The van der Waals surface area contributed by atoms with Crippen LogP contribution in [0.25, 0.3) is 0 Å². The Balaban J connectivity index is 1.91. The summed E-state index contributed by atoms with van der Waals surface area (Å²) in [5.74, 6) is -2.19. The lowest BCUT2D eigenvalue weighted by Crippen LogP contribution is -2.44. The first-order valence-corrected chi connectivity index (χ1v) is 11.3. The van der Waals surface area contributed by atoms with E-state index < -0.39 is 59.3 Å². The molecule has 1 fully saturated rings. The maximum Gasteiger partial charge on any atom is 0.416 e. The molecule has 0 spiro atoms. The fourth-order valence-corrected chi connectivity index (χ4v) is 4.46. The van der Waals surface area contributed by atoms with Crippen LogP contribution in [0.5, 0.6) is 0 Å². The minimum atomic E-state index is -5.03. The number of carbonyl (C=O) groups is 1. The Hall–Kier alpha value is -2.69. The van der Waals surface area contributed by atoms with E-state index in [4.69, 9.17) is 0 Å². The molecule has 0 bridgehead atoms. The fourth-order valence-electron chi connectivity index (χ4n) is 4.46. The number of alkyl halides is 7. The van der Waals surface area contributed by atoms with E-state index in [0.29, 0.717) is 30.8 Å². The van der Waals surface area contributed by atoms with Gasteiger partial charge in [0.1, 0.15) is 11.5 Å². The highest BCUT2D eigenvalue weighted by atomic mass is 19.4. The average Bonchev–Trinajstić information content (AvgIpc) is 2.81. The van der Waals surface area contributed by atoms with Gasteiger partial charge >= 0.3 is 12.4 Å². The van der Waals surface area contributed by atoms with Crippen LogP contribution < -0.4 is 5.32 Å². The molecule has 1 aliphatic heterocycles. The third kappa shape index (κ3) is 6.35. The van der Waals surface area contributed by atoms with Crippen LogP contribution in [0, 0.1) is 5.82 Å². The van der Waals surface area contributed by atoms with Crippen molar-refractivity contribution in [1.29, 1.82) is 0 Å². The molecule has 0 aromatic heterocycles. The number of benzene rings is 2. The molecule has 1 amide bonds. The van der Waals surface area contributed by atoms with Crippen LogP contribution in [0.4, 0.5) is 35.1 Å². The van der Waals surface area contributed by atoms with Crippen LogP contribution in [-0.2, 0) is 17.1 Å². The summed E-state index contributed by atoms with van der Waals surface area (Å²) in [4.78, 5) is 14.2. The smallest absolute Gasteiger partial charge is 0.339 e. The number of rotatable bonds is 6. The molecule has 0 saturated carbocycles. The van der Waals surface area contributed by atoms with E-state index in [9.17, 15) is 35.5 Å². The van der Waals surface area contributed by atoms with Crippen molar-refractivity contribution in [2.24, 2.45) is 0 Å². The van der Waals surface area contributed by atoms with Gasteiger partial charge in [-0.25, -0.2) is 8.78 Å². The molecule has 2 aromatic carbocycles. The van der Waals surface area contributed by atoms with Gasteiger partial charge in [0.05, 0.1) is 17.2 Å². The van der Waals surface area contributed by atoms with Gasteiger partial charge in [0.25, 0.3) is 0 Å². The predicted octanol–water partition coefficient (Wildman–Crippen LogP) is 6.65. The lowest BCUT2D eigenvalue weighted by molar-refractivity contribution is -0.143. The number of hydrogen-bond donors (Lipinski definition) is 1. The number of piperidine rings is 1. The summed E-state index contributed by atoms with van der Waals surface area (Å²) in [6, 6.07) is 5.04. The standard InChI is InChI=1S/C25H26F8N2O/c1-15(17-11-18(24(28,29)30)13-19(12-17)25(31,32)33)35(2)22(36)14-21(16-3-5-20(26)6-4-16)23(27)7-9-34-10-8-23/h3-6,11-13,15,21,34H,7-10,14H2,1-2H3/t15-,21?/m1/s1. The SMILES string of the molecule is C[C@H](c1cc(C(F)(F)F)cc(C(F)(F)F)c1)N(C)C(=O)CC(c1ccc(F)cc1)C1(F)CCNCC1. The summed E-state index contributed by atoms with van der Waals surface area (Å²) in [6.07, 6.45) is -10.3. The second-order valence-electron chi connectivity index (χ2n) is 9.11. The average molecular weight is 522 g/mol. The van der Waals surface area contributed by atoms with Crippen LogP contribution in [-0.4, -0.2) is 36.6 Å². The summed E-state index contributed by atoms with van der Waals surface area (Å²) in [5.41, 5.74) is -4.75. The van der Waals surface area contributed by atoms with Crippen molar-refractivity contribution in [2.75, 3.05) is 20.1 Å². The molecular formula is C25H26F8N2O. The monoisotopic (exact) mass is 522 g/mol. The lowest BCUT2D eigenvalue weighted by Gasteiger charge is -2.38. The van der Waals surface area contributed by atoms with Crippen LogP contribution in [0.15, 0.2) is 42.5 Å². The number of nitrogens with one attached hydrogen (secondary N) is 1. The summed E-state index contributed by atoms with van der Waals surface area (Å²) >= 11 is 0. The first kappa shape index (κ1) is 27.9. The molecule has 11 heteroatoms. The van der Waals surface area contributed by atoms with Crippen LogP contribution in [0.1, 0.15) is 60.4 Å². The molecule has 2 atom stereocenters. The third-order valence-corrected chi connectivity index (χ3v) is 6.78. The zero-order chi connectivity index (χ0) is 26.9. The first-order valence-electron chi connectivity index (χ1n) is 11.3. The molecule has 0 radical (unpaired) electrons. The molecule has 1 unspecified atom stereocenters. The van der Waals surface area contributed by atoms with Gasteiger partial charge < -0.3 is 10.2 Å². The molecule has 2 aromatic rings. The minimum absolute atomic E-state index is 0.0204. The van der Waals surface area contributed by atoms with Gasteiger partial charge in [-0.3, -0.25) is 4.79 Å². The summed E-state index contributed by atoms with van der Waals surface area (Å²) in [5, 5.41) is 3.03. The number of nitrogens with zero attached hydrogens (tertiary/aromatic N) is 1. The molecule has 3 rings (SSSR count). The van der Waals surface area contributed by atoms with E-state index >= 15 is 4.39 Å².